The maximum atomic E-state index is 10.7. The number of hydrogen-bond donors (Lipinski definition) is 1. The number of carbonyl (C=O) groups excluding carboxylic acids is 1. The summed E-state index contributed by atoms with van der Waals surface area (Å²) in [6.45, 7) is 3.13. The Balaban J connectivity index is 2.35. The molecule has 0 fully saturated rings. The van der Waals surface area contributed by atoms with E-state index in [0.29, 0.717) is 6.54 Å². The SMILES string of the molecule is CC(=O)NCCCN(C)c1cncc(Br)c1. The van der Waals surface area contributed by atoms with Gasteiger partial charge in [-0.25, -0.2) is 0 Å². The van der Waals surface area contributed by atoms with Gasteiger partial charge >= 0.3 is 0 Å². The number of hydrogen-bond acceptors (Lipinski definition) is 3. The van der Waals surface area contributed by atoms with Crippen molar-refractivity contribution in [2.24, 2.45) is 0 Å². The second-order valence-corrected chi connectivity index (χ2v) is 4.54. The van der Waals surface area contributed by atoms with E-state index in [-0.39, 0.29) is 5.91 Å². The molecule has 0 radical (unpaired) electrons. The Hall–Kier alpha value is -1.10. The summed E-state index contributed by atoms with van der Waals surface area (Å²) in [4.78, 5) is 16.9. The molecule has 16 heavy (non-hydrogen) atoms. The number of aromatic nitrogens is 1. The van der Waals surface area contributed by atoms with Crippen LogP contribution >= 0.6 is 15.9 Å². The molecule has 1 N–H and O–H groups in total. The number of pyridine rings is 1. The smallest absolute Gasteiger partial charge is 0.216 e. The average Bonchev–Trinajstić information content (AvgIpc) is 2.24. The lowest BCUT2D eigenvalue weighted by atomic mass is 10.3. The summed E-state index contributed by atoms with van der Waals surface area (Å²) in [5.74, 6) is 0.0202. The van der Waals surface area contributed by atoms with Gasteiger partial charge in [-0.1, -0.05) is 0 Å². The number of rotatable bonds is 5. The van der Waals surface area contributed by atoms with Gasteiger partial charge in [0.2, 0.25) is 5.91 Å². The Morgan fingerprint density at radius 3 is 2.94 bits per heavy atom. The summed E-state index contributed by atoms with van der Waals surface area (Å²) in [6, 6.07) is 2.02. The lowest BCUT2D eigenvalue weighted by molar-refractivity contribution is -0.118. The molecule has 0 atom stereocenters. The number of anilines is 1. The minimum absolute atomic E-state index is 0.0202. The van der Waals surface area contributed by atoms with Crippen LogP contribution in [0, 0.1) is 0 Å². The summed E-state index contributed by atoms with van der Waals surface area (Å²) in [5.41, 5.74) is 1.07. The van der Waals surface area contributed by atoms with E-state index in [1.165, 1.54) is 6.92 Å². The third-order valence-electron chi connectivity index (χ3n) is 2.18. The van der Waals surface area contributed by atoms with Crippen molar-refractivity contribution in [3.8, 4) is 0 Å². The van der Waals surface area contributed by atoms with Crippen molar-refractivity contribution in [1.82, 2.24) is 10.3 Å². The van der Waals surface area contributed by atoms with E-state index in [1.54, 1.807) is 6.20 Å². The summed E-state index contributed by atoms with van der Waals surface area (Å²) in [6.07, 6.45) is 4.50. The summed E-state index contributed by atoms with van der Waals surface area (Å²) >= 11 is 3.39. The van der Waals surface area contributed by atoms with Crippen LogP contribution in [0.2, 0.25) is 0 Å². The summed E-state index contributed by atoms with van der Waals surface area (Å²) in [5, 5.41) is 2.77. The molecule has 0 aliphatic heterocycles. The Labute approximate surface area is 104 Å². The Morgan fingerprint density at radius 2 is 2.31 bits per heavy atom. The molecule has 4 nitrogen and oxygen atoms in total. The highest BCUT2D eigenvalue weighted by molar-refractivity contribution is 9.10. The number of nitrogens with zero attached hydrogens (tertiary/aromatic N) is 2. The van der Waals surface area contributed by atoms with Crippen LogP contribution in [-0.2, 0) is 4.79 Å². The van der Waals surface area contributed by atoms with Crippen molar-refractivity contribution in [3.63, 3.8) is 0 Å². The Bertz CT molecular complexity index is 357. The molecule has 0 aromatic carbocycles. The molecule has 5 heteroatoms. The quantitative estimate of drug-likeness (QED) is 0.840. The maximum absolute atomic E-state index is 10.7. The molecule has 0 bridgehead atoms. The van der Waals surface area contributed by atoms with Crippen LogP contribution < -0.4 is 10.2 Å². The van der Waals surface area contributed by atoms with Gasteiger partial charge < -0.3 is 10.2 Å². The van der Waals surface area contributed by atoms with Gasteiger partial charge in [0.25, 0.3) is 0 Å². The lowest BCUT2D eigenvalue weighted by Gasteiger charge is -2.18. The van der Waals surface area contributed by atoms with Gasteiger partial charge in [0.15, 0.2) is 0 Å². The first-order valence-electron chi connectivity index (χ1n) is 5.15. The molecule has 1 aromatic rings. The van der Waals surface area contributed by atoms with Crippen molar-refractivity contribution in [2.45, 2.75) is 13.3 Å². The summed E-state index contributed by atoms with van der Waals surface area (Å²) < 4.78 is 0.971. The van der Waals surface area contributed by atoms with Crippen molar-refractivity contribution < 1.29 is 4.79 Å². The molecular weight excluding hydrogens is 270 g/mol. The second kappa shape index (κ2) is 6.48. The highest BCUT2D eigenvalue weighted by atomic mass is 79.9. The largest absolute Gasteiger partial charge is 0.373 e. The minimum Gasteiger partial charge on any atom is -0.373 e. The molecule has 1 amide bonds. The molecule has 0 unspecified atom stereocenters. The zero-order valence-corrected chi connectivity index (χ0v) is 11.1. The fourth-order valence-electron chi connectivity index (χ4n) is 1.32. The average molecular weight is 286 g/mol. The predicted molar refractivity (Wildman–Crippen MR) is 68.5 cm³/mol. The standard InChI is InChI=1S/C11H16BrN3O/c1-9(16)14-4-3-5-15(2)11-6-10(12)7-13-8-11/h6-8H,3-5H2,1-2H3,(H,14,16). The first-order valence-corrected chi connectivity index (χ1v) is 5.95. The first kappa shape index (κ1) is 13.0. The molecule has 0 spiro atoms. The fourth-order valence-corrected chi connectivity index (χ4v) is 1.67. The predicted octanol–water partition coefficient (Wildman–Crippen LogP) is 1.81. The highest BCUT2D eigenvalue weighted by Gasteiger charge is 2.01. The van der Waals surface area contributed by atoms with Gasteiger partial charge in [-0.2, -0.15) is 0 Å². The van der Waals surface area contributed by atoms with E-state index >= 15 is 0 Å². The molecule has 0 saturated carbocycles. The number of nitrogens with one attached hydrogen (secondary N) is 1. The third kappa shape index (κ3) is 4.61. The van der Waals surface area contributed by atoms with Gasteiger partial charge in [-0.3, -0.25) is 9.78 Å². The van der Waals surface area contributed by atoms with Crippen molar-refractivity contribution in [3.05, 3.63) is 22.9 Å². The van der Waals surface area contributed by atoms with Gasteiger partial charge in [-0.05, 0) is 28.4 Å². The van der Waals surface area contributed by atoms with Crippen LogP contribution in [-0.4, -0.2) is 31.0 Å². The zero-order valence-electron chi connectivity index (χ0n) is 9.53. The van der Waals surface area contributed by atoms with Crippen LogP contribution in [0.4, 0.5) is 5.69 Å². The molecule has 0 aliphatic rings. The zero-order chi connectivity index (χ0) is 12.0. The molecular formula is C11H16BrN3O. The fraction of sp³-hybridized carbons (Fsp3) is 0.455. The molecule has 1 heterocycles. The van der Waals surface area contributed by atoms with E-state index in [0.717, 1.165) is 23.1 Å². The van der Waals surface area contributed by atoms with Gasteiger partial charge in [0.05, 0.1) is 11.9 Å². The monoisotopic (exact) mass is 285 g/mol. The van der Waals surface area contributed by atoms with E-state index in [9.17, 15) is 4.79 Å². The molecule has 88 valence electrons. The van der Waals surface area contributed by atoms with Gasteiger partial charge in [-0.15, -0.1) is 0 Å². The van der Waals surface area contributed by atoms with Crippen molar-refractivity contribution >= 4 is 27.5 Å². The van der Waals surface area contributed by atoms with E-state index in [2.05, 4.69) is 31.1 Å². The van der Waals surface area contributed by atoms with E-state index in [4.69, 9.17) is 0 Å². The highest BCUT2D eigenvalue weighted by Crippen LogP contribution is 2.16. The topological polar surface area (TPSA) is 45.2 Å². The Kier molecular flexibility index (Phi) is 5.25. The van der Waals surface area contributed by atoms with E-state index in [1.807, 2.05) is 19.3 Å². The third-order valence-corrected chi connectivity index (χ3v) is 2.61. The molecule has 0 saturated heterocycles. The van der Waals surface area contributed by atoms with Crippen LogP contribution in [0.15, 0.2) is 22.9 Å². The molecule has 1 aromatic heterocycles. The minimum atomic E-state index is 0.0202. The number of amides is 1. The first-order chi connectivity index (χ1) is 7.59. The van der Waals surface area contributed by atoms with Crippen LogP contribution in [0.3, 0.4) is 0 Å². The van der Waals surface area contributed by atoms with Gasteiger partial charge in [0, 0.05) is 37.7 Å². The lowest BCUT2D eigenvalue weighted by Crippen LogP contribution is -2.26. The van der Waals surface area contributed by atoms with Crippen molar-refractivity contribution in [2.75, 3.05) is 25.0 Å². The van der Waals surface area contributed by atoms with E-state index < -0.39 is 0 Å². The van der Waals surface area contributed by atoms with Crippen LogP contribution in [0.25, 0.3) is 0 Å². The second-order valence-electron chi connectivity index (χ2n) is 3.62. The molecule has 1 rings (SSSR count). The normalized spacial score (nSPS) is 9.94. The Morgan fingerprint density at radius 1 is 1.56 bits per heavy atom. The molecule has 0 aliphatic carbocycles. The van der Waals surface area contributed by atoms with Crippen molar-refractivity contribution in [1.29, 1.82) is 0 Å². The van der Waals surface area contributed by atoms with Gasteiger partial charge in [0.1, 0.15) is 0 Å². The maximum Gasteiger partial charge on any atom is 0.216 e. The van der Waals surface area contributed by atoms with Crippen LogP contribution in [0.1, 0.15) is 13.3 Å². The number of halogens is 1. The van der Waals surface area contributed by atoms with Crippen LogP contribution in [0.5, 0.6) is 0 Å². The number of carbonyl (C=O) groups is 1. The summed E-state index contributed by atoms with van der Waals surface area (Å²) in [7, 11) is 2.01.